The van der Waals surface area contributed by atoms with Gasteiger partial charge in [-0.05, 0) is 39.7 Å². The molecule has 13 heavy (non-hydrogen) atoms. The standard InChI is InChI=1S/C11H25NSi/c1-6-8-10-13(5,7-2)11-9-12(3)4/h6,8H,7,9-11H2,1-5H3/b8-6+. The summed E-state index contributed by atoms with van der Waals surface area (Å²) in [6.45, 7) is 8.26. The number of allylic oxidation sites excluding steroid dienone is 2. The molecule has 1 nitrogen and oxygen atoms in total. The second-order valence-corrected chi connectivity index (χ2v) is 9.73. The third-order valence-corrected chi connectivity index (χ3v) is 7.22. The highest BCUT2D eigenvalue weighted by molar-refractivity contribution is 6.79. The van der Waals surface area contributed by atoms with Gasteiger partial charge in [0, 0.05) is 0 Å². The van der Waals surface area contributed by atoms with E-state index in [1.54, 1.807) is 0 Å². The van der Waals surface area contributed by atoms with Crippen LogP contribution in [0.4, 0.5) is 0 Å². The molecule has 0 saturated heterocycles. The summed E-state index contributed by atoms with van der Waals surface area (Å²) in [5.74, 6) is 0. The summed E-state index contributed by atoms with van der Waals surface area (Å²) < 4.78 is 0. The Bertz CT molecular complexity index is 154. The van der Waals surface area contributed by atoms with Gasteiger partial charge in [0.1, 0.15) is 0 Å². The van der Waals surface area contributed by atoms with Gasteiger partial charge in [0.2, 0.25) is 0 Å². The minimum atomic E-state index is -0.936. The zero-order valence-corrected chi connectivity index (χ0v) is 10.9. The van der Waals surface area contributed by atoms with Crippen LogP contribution in [-0.4, -0.2) is 33.6 Å². The molecule has 0 aromatic carbocycles. The monoisotopic (exact) mass is 199 g/mol. The fraction of sp³-hybridized carbons (Fsp3) is 0.818. The van der Waals surface area contributed by atoms with Crippen molar-refractivity contribution in [3.8, 4) is 0 Å². The number of hydrogen-bond donors (Lipinski definition) is 0. The van der Waals surface area contributed by atoms with Crippen LogP contribution in [0.15, 0.2) is 12.2 Å². The second-order valence-electron chi connectivity index (χ2n) is 4.49. The molecule has 0 aromatic heterocycles. The van der Waals surface area contributed by atoms with Crippen molar-refractivity contribution in [2.24, 2.45) is 0 Å². The van der Waals surface area contributed by atoms with Gasteiger partial charge in [-0.25, -0.2) is 0 Å². The summed E-state index contributed by atoms with van der Waals surface area (Å²) in [6, 6.07) is 4.19. The summed E-state index contributed by atoms with van der Waals surface area (Å²) in [5.41, 5.74) is 0. The summed E-state index contributed by atoms with van der Waals surface area (Å²) in [5, 5.41) is 0. The van der Waals surface area contributed by atoms with E-state index < -0.39 is 8.07 Å². The molecule has 0 spiro atoms. The molecule has 0 fully saturated rings. The van der Waals surface area contributed by atoms with E-state index in [2.05, 4.69) is 51.5 Å². The van der Waals surface area contributed by atoms with Gasteiger partial charge in [-0.15, -0.1) is 0 Å². The lowest BCUT2D eigenvalue weighted by atomic mass is 10.6. The Morgan fingerprint density at radius 1 is 1.31 bits per heavy atom. The van der Waals surface area contributed by atoms with Gasteiger partial charge in [0.15, 0.2) is 0 Å². The molecule has 0 aliphatic carbocycles. The molecule has 0 heterocycles. The van der Waals surface area contributed by atoms with Gasteiger partial charge in [0.25, 0.3) is 0 Å². The van der Waals surface area contributed by atoms with Crippen molar-refractivity contribution >= 4 is 8.07 Å². The molecule has 0 N–H and O–H groups in total. The predicted molar refractivity (Wildman–Crippen MR) is 65.1 cm³/mol. The third kappa shape index (κ3) is 6.05. The molecule has 0 aromatic rings. The van der Waals surface area contributed by atoms with Crippen molar-refractivity contribution in [1.29, 1.82) is 0 Å². The maximum Gasteiger partial charge on any atom is 0.0552 e. The van der Waals surface area contributed by atoms with Crippen LogP contribution < -0.4 is 0 Å². The van der Waals surface area contributed by atoms with Gasteiger partial charge in [-0.1, -0.05) is 31.7 Å². The van der Waals surface area contributed by atoms with Gasteiger partial charge < -0.3 is 4.90 Å². The first-order chi connectivity index (χ1) is 6.04. The minimum Gasteiger partial charge on any atom is -0.310 e. The Balaban J connectivity index is 3.95. The lowest BCUT2D eigenvalue weighted by Gasteiger charge is -2.26. The molecule has 0 saturated carbocycles. The quantitative estimate of drug-likeness (QED) is 0.469. The highest BCUT2D eigenvalue weighted by Crippen LogP contribution is 2.21. The highest BCUT2D eigenvalue weighted by atomic mass is 28.3. The highest BCUT2D eigenvalue weighted by Gasteiger charge is 2.22. The zero-order valence-electron chi connectivity index (χ0n) is 9.93. The molecule has 1 atom stereocenters. The predicted octanol–water partition coefficient (Wildman–Crippen LogP) is 3.22. The molecule has 0 rings (SSSR count). The smallest absolute Gasteiger partial charge is 0.0552 e. The molecule has 2 heteroatoms. The summed E-state index contributed by atoms with van der Waals surface area (Å²) in [6.07, 6.45) is 4.54. The number of rotatable bonds is 6. The average Bonchev–Trinajstić information content (AvgIpc) is 2.11. The van der Waals surface area contributed by atoms with Crippen molar-refractivity contribution in [2.75, 3.05) is 20.6 Å². The van der Waals surface area contributed by atoms with E-state index in [4.69, 9.17) is 0 Å². The molecule has 0 bridgehead atoms. The van der Waals surface area contributed by atoms with E-state index in [-0.39, 0.29) is 0 Å². The number of hydrogen-bond acceptors (Lipinski definition) is 1. The molecule has 0 aliphatic rings. The Hall–Kier alpha value is -0.0831. The zero-order chi connectivity index (χ0) is 10.3. The van der Waals surface area contributed by atoms with E-state index in [9.17, 15) is 0 Å². The number of nitrogens with zero attached hydrogens (tertiary/aromatic N) is 1. The fourth-order valence-electron chi connectivity index (χ4n) is 1.32. The Labute approximate surface area is 84.8 Å². The molecule has 1 unspecified atom stereocenters. The van der Waals surface area contributed by atoms with E-state index in [1.165, 1.54) is 24.7 Å². The third-order valence-electron chi connectivity index (χ3n) is 2.86. The Morgan fingerprint density at radius 3 is 2.31 bits per heavy atom. The summed E-state index contributed by atoms with van der Waals surface area (Å²) >= 11 is 0. The van der Waals surface area contributed by atoms with Gasteiger partial charge in [0.05, 0.1) is 8.07 Å². The van der Waals surface area contributed by atoms with Crippen LogP contribution in [-0.2, 0) is 0 Å². The van der Waals surface area contributed by atoms with Crippen molar-refractivity contribution in [3.63, 3.8) is 0 Å². The van der Waals surface area contributed by atoms with E-state index >= 15 is 0 Å². The van der Waals surface area contributed by atoms with Crippen LogP contribution in [0.5, 0.6) is 0 Å². The molecule has 0 radical (unpaired) electrons. The van der Waals surface area contributed by atoms with Crippen LogP contribution in [0.25, 0.3) is 0 Å². The summed E-state index contributed by atoms with van der Waals surface area (Å²) in [4.78, 5) is 2.30. The van der Waals surface area contributed by atoms with Gasteiger partial charge >= 0.3 is 0 Å². The molecular weight excluding hydrogens is 174 g/mol. The first-order valence-electron chi connectivity index (χ1n) is 5.30. The van der Waals surface area contributed by atoms with Gasteiger partial charge in [-0.2, -0.15) is 0 Å². The van der Waals surface area contributed by atoms with Crippen molar-refractivity contribution in [3.05, 3.63) is 12.2 Å². The van der Waals surface area contributed by atoms with Crippen molar-refractivity contribution in [2.45, 2.75) is 38.5 Å². The topological polar surface area (TPSA) is 3.24 Å². The largest absolute Gasteiger partial charge is 0.310 e. The Kier molecular flexibility index (Phi) is 6.34. The fourth-order valence-corrected chi connectivity index (χ4v) is 3.96. The SMILES string of the molecule is C/C=C/C[Si](C)(CC)CCN(C)C. The first-order valence-corrected chi connectivity index (χ1v) is 8.42. The van der Waals surface area contributed by atoms with Crippen LogP contribution in [0.1, 0.15) is 13.8 Å². The van der Waals surface area contributed by atoms with E-state index in [1.807, 2.05) is 0 Å². The maximum absolute atomic E-state index is 2.52. The van der Waals surface area contributed by atoms with Gasteiger partial charge in [-0.3, -0.25) is 0 Å². The Morgan fingerprint density at radius 2 is 1.92 bits per heavy atom. The van der Waals surface area contributed by atoms with E-state index in [0.717, 1.165) is 0 Å². The van der Waals surface area contributed by atoms with Crippen LogP contribution in [0.3, 0.4) is 0 Å². The molecular formula is C11H25NSi. The molecule has 0 amide bonds. The molecule has 78 valence electrons. The van der Waals surface area contributed by atoms with Crippen LogP contribution in [0.2, 0.25) is 24.7 Å². The van der Waals surface area contributed by atoms with E-state index in [0.29, 0.717) is 0 Å². The maximum atomic E-state index is 2.52. The van der Waals surface area contributed by atoms with Crippen molar-refractivity contribution in [1.82, 2.24) is 4.90 Å². The summed E-state index contributed by atoms with van der Waals surface area (Å²) in [7, 11) is 3.40. The second kappa shape index (κ2) is 6.38. The normalized spacial score (nSPS) is 16.8. The lowest BCUT2D eigenvalue weighted by Crippen LogP contribution is -2.32. The average molecular weight is 199 g/mol. The van der Waals surface area contributed by atoms with Crippen LogP contribution in [0, 0.1) is 0 Å². The lowest BCUT2D eigenvalue weighted by molar-refractivity contribution is 0.431. The van der Waals surface area contributed by atoms with Crippen molar-refractivity contribution < 1.29 is 0 Å². The molecule has 0 aliphatic heterocycles. The first kappa shape index (κ1) is 12.9. The minimum absolute atomic E-state index is 0.936. The van der Waals surface area contributed by atoms with Crippen LogP contribution >= 0.6 is 0 Å².